The lowest BCUT2D eigenvalue weighted by Crippen LogP contribution is -2.42. The summed E-state index contributed by atoms with van der Waals surface area (Å²) in [7, 11) is 0. The van der Waals surface area contributed by atoms with Gasteiger partial charge in [-0.3, -0.25) is 4.79 Å². The summed E-state index contributed by atoms with van der Waals surface area (Å²) in [6, 6.07) is 0.0525. The lowest BCUT2D eigenvalue weighted by Gasteiger charge is -2.18. The fourth-order valence-electron chi connectivity index (χ4n) is 2.62. The van der Waals surface area contributed by atoms with E-state index in [9.17, 15) is 9.59 Å². The zero-order valence-corrected chi connectivity index (χ0v) is 9.11. The van der Waals surface area contributed by atoms with Crippen LogP contribution in [0.4, 0.5) is 4.79 Å². The van der Waals surface area contributed by atoms with Gasteiger partial charge >= 0.3 is 6.09 Å². The highest BCUT2D eigenvalue weighted by atomic mass is 16.4. The molecule has 5 heteroatoms. The molecule has 2 saturated carbocycles. The topological polar surface area (TPSA) is 69.6 Å². The van der Waals surface area contributed by atoms with Crippen molar-refractivity contribution in [2.45, 2.75) is 31.7 Å². The van der Waals surface area contributed by atoms with Crippen LogP contribution in [0.3, 0.4) is 0 Å². The fourth-order valence-corrected chi connectivity index (χ4v) is 2.62. The zero-order valence-electron chi connectivity index (χ0n) is 9.11. The van der Waals surface area contributed by atoms with Gasteiger partial charge in [0.1, 0.15) is 0 Å². The molecule has 0 aromatic rings. The van der Waals surface area contributed by atoms with Crippen molar-refractivity contribution < 1.29 is 14.7 Å². The third-order valence-electron chi connectivity index (χ3n) is 4.08. The Bertz CT molecular complexity index is 347. The van der Waals surface area contributed by atoms with Crippen LogP contribution in [0.5, 0.6) is 0 Å². The highest BCUT2D eigenvalue weighted by Crippen LogP contribution is 2.53. The van der Waals surface area contributed by atoms with Crippen molar-refractivity contribution in [3.05, 3.63) is 0 Å². The molecule has 1 saturated heterocycles. The van der Waals surface area contributed by atoms with E-state index in [1.54, 1.807) is 0 Å². The SMILES string of the molecule is O=C(NC1CN(C(=O)O)CC12CC2)C1CC1. The number of nitrogens with one attached hydrogen (secondary N) is 1. The van der Waals surface area contributed by atoms with E-state index in [-0.39, 0.29) is 23.3 Å². The Balaban J connectivity index is 1.65. The Morgan fingerprint density at radius 2 is 2.00 bits per heavy atom. The first kappa shape index (κ1) is 9.93. The van der Waals surface area contributed by atoms with E-state index < -0.39 is 6.09 Å². The van der Waals surface area contributed by atoms with Crippen LogP contribution in [-0.4, -0.2) is 41.1 Å². The molecule has 0 aromatic heterocycles. The number of carboxylic acid groups (broad SMARTS) is 1. The quantitative estimate of drug-likeness (QED) is 0.723. The summed E-state index contributed by atoms with van der Waals surface area (Å²) in [6.07, 6.45) is 3.22. The van der Waals surface area contributed by atoms with E-state index >= 15 is 0 Å². The molecule has 1 spiro atoms. The lowest BCUT2D eigenvalue weighted by molar-refractivity contribution is -0.123. The number of hydrogen-bond acceptors (Lipinski definition) is 2. The Morgan fingerprint density at radius 1 is 1.31 bits per heavy atom. The highest BCUT2D eigenvalue weighted by molar-refractivity contribution is 5.81. The van der Waals surface area contributed by atoms with Gasteiger partial charge in [-0.1, -0.05) is 0 Å². The number of likely N-dealkylation sites (tertiary alicyclic amines) is 1. The van der Waals surface area contributed by atoms with Gasteiger partial charge in [0.2, 0.25) is 5.91 Å². The molecule has 2 N–H and O–H groups in total. The van der Waals surface area contributed by atoms with Crippen molar-refractivity contribution in [2.75, 3.05) is 13.1 Å². The average Bonchev–Trinajstić information content (AvgIpc) is 3.08. The van der Waals surface area contributed by atoms with Gasteiger partial charge in [0, 0.05) is 24.4 Å². The van der Waals surface area contributed by atoms with Gasteiger partial charge in [-0.05, 0) is 25.7 Å². The number of amides is 2. The molecular weight excluding hydrogens is 208 g/mol. The van der Waals surface area contributed by atoms with Crippen LogP contribution in [0.2, 0.25) is 0 Å². The van der Waals surface area contributed by atoms with Crippen molar-refractivity contribution in [3.63, 3.8) is 0 Å². The summed E-state index contributed by atoms with van der Waals surface area (Å²) in [4.78, 5) is 24.0. The van der Waals surface area contributed by atoms with Crippen LogP contribution >= 0.6 is 0 Å². The molecule has 0 radical (unpaired) electrons. The molecule has 1 heterocycles. The summed E-state index contributed by atoms with van der Waals surface area (Å²) < 4.78 is 0. The van der Waals surface area contributed by atoms with E-state index in [1.165, 1.54) is 4.90 Å². The van der Waals surface area contributed by atoms with Gasteiger partial charge in [0.15, 0.2) is 0 Å². The van der Waals surface area contributed by atoms with Crippen LogP contribution in [0.15, 0.2) is 0 Å². The summed E-state index contributed by atoms with van der Waals surface area (Å²) in [5, 5.41) is 12.0. The van der Waals surface area contributed by atoms with Gasteiger partial charge in [0.05, 0.1) is 6.04 Å². The fraction of sp³-hybridized carbons (Fsp3) is 0.818. The predicted molar refractivity (Wildman–Crippen MR) is 55.9 cm³/mol. The van der Waals surface area contributed by atoms with Gasteiger partial charge in [-0.25, -0.2) is 4.79 Å². The maximum Gasteiger partial charge on any atom is 0.407 e. The standard InChI is InChI=1S/C11H16N2O3/c14-9(7-1-2-7)12-8-5-13(10(15)16)6-11(8)3-4-11/h7-8H,1-6H2,(H,12,14)(H,15,16). The Labute approximate surface area is 93.8 Å². The summed E-state index contributed by atoms with van der Waals surface area (Å²) in [6.45, 7) is 1.06. The molecule has 0 aromatic carbocycles. The average molecular weight is 224 g/mol. The van der Waals surface area contributed by atoms with Crippen molar-refractivity contribution >= 4 is 12.0 Å². The van der Waals surface area contributed by atoms with Crippen molar-refractivity contribution in [2.24, 2.45) is 11.3 Å². The van der Waals surface area contributed by atoms with Gasteiger partial charge < -0.3 is 15.3 Å². The number of hydrogen-bond donors (Lipinski definition) is 2. The van der Waals surface area contributed by atoms with Crippen LogP contribution in [0.1, 0.15) is 25.7 Å². The third kappa shape index (κ3) is 1.54. The summed E-state index contributed by atoms with van der Waals surface area (Å²) in [5.41, 5.74) is 0.0724. The molecule has 5 nitrogen and oxygen atoms in total. The van der Waals surface area contributed by atoms with Crippen LogP contribution in [0.25, 0.3) is 0 Å². The molecular formula is C11H16N2O3. The number of nitrogens with zero attached hydrogens (tertiary/aromatic N) is 1. The predicted octanol–water partition coefficient (Wildman–Crippen LogP) is 0.655. The van der Waals surface area contributed by atoms with E-state index in [2.05, 4.69) is 5.32 Å². The Kier molecular flexibility index (Phi) is 1.94. The van der Waals surface area contributed by atoms with E-state index in [4.69, 9.17) is 5.11 Å². The molecule has 3 fully saturated rings. The number of carbonyl (C=O) groups is 2. The smallest absolute Gasteiger partial charge is 0.407 e. The van der Waals surface area contributed by atoms with Crippen molar-refractivity contribution in [1.82, 2.24) is 10.2 Å². The molecule has 2 aliphatic carbocycles. The minimum Gasteiger partial charge on any atom is -0.465 e. The van der Waals surface area contributed by atoms with Gasteiger partial charge in [-0.2, -0.15) is 0 Å². The number of carbonyl (C=O) groups excluding carboxylic acids is 1. The molecule has 16 heavy (non-hydrogen) atoms. The summed E-state index contributed by atoms with van der Waals surface area (Å²) >= 11 is 0. The van der Waals surface area contributed by atoms with E-state index in [1.807, 2.05) is 0 Å². The normalized spacial score (nSPS) is 30.5. The molecule has 1 atom stereocenters. The van der Waals surface area contributed by atoms with E-state index in [0.717, 1.165) is 25.7 Å². The first-order valence-corrected chi connectivity index (χ1v) is 5.89. The highest BCUT2D eigenvalue weighted by Gasteiger charge is 2.57. The number of rotatable bonds is 2. The lowest BCUT2D eigenvalue weighted by atomic mass is 10.0. The van der Waals surface area contributed by atoms with Crippen LogP contribution in [-0.2, 0) is 4.79 Å². The van der Waals surface area contributed by atoms with Crippen molar-refractivity contribution in [1.29, 1.82) is 0 Å². The van der Waals surface area contributed by atoms with Crippen LogP contribution < -0.4 is 5.32 Å². The summed E-state index contributed by atoms with van der Waals surface area (Å²) in [5.74, 6) is 0.332. The minimum absolute atomic E-state index is 0.0525. The second kappa shape index (κ2) is 3.12. The molecule has 2 amide bonds. The molecule has 1 unspecified atom stereocenters. The molecule has 88 valence electrons. The first-order chi connectivity index (χ1) is 7.61. The third-order valence-corrected chi connectivity index (χ3v) is 4.08. The Hall–Kier alpha value is -1.26. The first-order valence-electron chi connectivity index (χ1n) is 5.89. The largest absolute Gasteiger partial charge is 0.465 e. The maximum absolute atomic E-state index is 11.7. The Morgan fingerprint density at radius 3 is 2.50 bits per heavy atom. The zero-order chi connectivity index (χ0) is 11.3. The molecule has 3 aliphatic rings. The maximum atomic E-state index is 11.7. The van der Waals surface area contributed by atoms with E-state index in [0.29, 0.717) is 13.1 Å². The van der Waals surface area contributed by atoms with Gasteiger partial charge in [-0.15, -0.1) is 0 Å². The molecule has 1 aliphatic heterocycles. The second-order valence-electron chi connectivity index (χ2n) is 5.36. The van der Waals surface area contributed by atoms with Crippen LogP contribution in [0, 0.1) is 11.3 Å². The minimum atomic E-state index is -0.866. The van der Waals surface area contributed by atoms with Crippen molar-refractivity contribution in [3.8, 4) is 0 Å². The van der Waals surface area contributed by atoms with Gasteiger partial charge in [0.25, 0.3) is 0 Å². The second-order valence-corrected chi connectivity index (χ2v) is 5.36. The molecule has 0 bridgehead atoms. The monoisotopic (exact) mass is 224 g/mol. The molecule has 3 rings (SSSR count).